The van der Waals surface area contributed by atoms with Crippen LogP contribution in [0.4, 0.5) is 8.78 Å². The van der Waals surface area contributed by atoms with Crippen molar-refractivity contribution in [1.82, 2.24) is 0 Å². The fourth-order valence-electron chi connectivity index (χ4n) is 2.23. The molecule has 3 aromatic carbocycles. The second-order valence-corrected chi connectivity index (χ2v) is 4.75. The van der Waals surface area contributed by atoms with Gasteiger partial charge in [0.05, 0.1) is 0 Å². The van der Waals surface area contributed by atoms with Crippen molar-refractivity contribution in [2.24, 2.45) is 0 Å². The normalized spacial score (nSPS) is 10.6. The molecule has 0 aliphatic heterocycles. The van der Waals surface area contributed by atoms with E-state index in [1.165, 1.54) is 24.3 Å². The van der Waals surface area contributed by atoms with E-state index in [4.69, 9.17) is 0 Å². The van der Waals surface area contributed by atoms with Gasteiger partial charge < -0.3 is 5.11 Å². The molecule has 3 heteroatoms. The van der Waals surface area contributed by atoms with Gasteiger partial charge >= 0.3 is 0 Å². The van der Waals surface area contributed by atoms with Crippen LogP contribution in [0.1, 0.15) is 0 Å². The maximum absolute atomic E-state index is 12.9. The Balaban J connectivity index is 1.99. The maximum atomic E-state index is 12.9. The van der Waals surface area contributed by atoms with Crippen molar-refractivity contribution in [3.05, 3.63) is 78.4 Å². The van der Waals surface area contributed by atoms with Gasteiger partial charge in [-0.1, -0.05) is 36.4 Å². The summed E-state index contributed by atoms with van der Waals surface area (Å²) in [5.41, 5.74) is 2.97. The van der Waals surface area contributed by atoms with Crippen LogP contribution in [0.3, 0.4) is 0 Å². The van der Waals surface area contributed by atoms with Crippen molar-refractivity contribution in [3.63, 3.8) is 0 Å². The first-order valence-corrected chi connectivity index (χ1v) is 6.48. The number of aromatic hydroxyl groups is 1. The topological polar surface area (TPSA) is 20.2 Å². The highest BCUT2D eigenvalue weighted by Crippen LogP contribution is 2.33. The van der Waals surface area contributed by atoms with Crippen molar-refractivity contribution in [3.8, 4) is 28.0 Å². The standard InChI is InChI=1S/C18H12F2O/c19-15-6-1-12(2-7-15)14-5-10-17(18(21)11-14)13-3-8-16(20)9-4-13/h1-11,21H. The molecule has 0 unspecified atom stereocenters. The zero-order valence-corrected chi connectivity index (χ0v) is 11.1. The Morgan fingerprint density at radius 2 is 1.05 bits per heavy atom. The van der Waals surface area contributed by atoms with E-state index in [0.717, 1.165) is 16.7 Å². The highest BCUT2D eigenvalue weighted by Gasteiger charge is 2.07. The van der Waals surface area contributed by atoms with Crippen molar-refractivity contribution in [2.75, 3.05) is 0 Å². The maximum Gasteiger partial charge on any atom is 0.124 e. The molecule has 0 radical (unpaired) electrons. The molecule has 104 valence electrons. The second-order valence-electron chi connectivity index (χ2n) is 4.75. The minimum atomic E-state index is -0.318. The summed E-state index contributed by atoms with van der Waals surface area (Å²) in [7, 11) is 0. The Kier molecular flexibility index (Phi) is 3.40. The molecule has 0 aromatic heterocycles. The lowest BCUT2D eigenvalue weighted by molar-refractivity contribution is 0.477. The zero-order valence-electron chi connectivity index (χ0n) is 11.1. The Hall–Kier alpha value is -2.68. The van der Waals surface area contributed by atoms with Crippen LogP contribution in [0.2, 0.25) is 0 Å². The number of phenols is 1. The van der Waals surface area contributed by atoms with Gasteiger partial charge in [-0.25, -0.2) is 8.78 Å². The first kappa shape index (κ1) is 13.3. The van der Waals surface area contributed by atoms with E-state index in [0.29, 0.717) is 5.56 Å². The average molecular weight is 282 g/mol. The highest BCUT2D eigenvalue weighted by atomic mass is 19.1. The second kappa shape index (κ2) is 5.37. The van der Waals surface area contributed by atoms with Gasteiger partial charge in [-0.3, -0.25) is 0 Å². The van der Waals surface area contributed by atoms with Gasteiger partial charge in [-0.15, -0.1) is 0 Å². The van der Waals surface area contributed by atoms with E-state index in [1.54, 1.807) is 36.4 Å². The molecule has 0 fully saturated rings. The SMILES string of the molecule is Oc1cc(-c2ccc(F)cc2)ccc1-c1ccc(F)cc1. The van der Waals surface area contributed by atoms with Crippen LogP contribution in [0.15, 0.2) is 66.7 Å². The molecule has 3 rings (SSSR count). The van der Waals surface area contributed by atoms with E-state index in [1.807, 2.05) is 6.07 Å². The summed E-state index contributed by atoms with van der Waals surface area (Å²) in [5, 5.41) is 10.2. The van der Waals surface area contributed by atoms with E-state index in [-0.39, 0.29) is 17.4 Å². The highest BCUT2D eigenvalue weighted by molar-refractivity contribution is 5.75. The molecule has 1 N–H and O–H groups in total. The molecule has 0 bridgehead atoms. The fourth-order valence-corrected chi connectivity index (χ4v) is 2.23. The predicted octanol–water partition coefficient (Wildman–Crippen LogP) is 5.00. The Morgan fingerprint density at radius 1 is 0.571 bits per heavy atom. The van der Waals surface area contributed by atoms with Gasteiger partial charge in [0.2, 0.25) is 0 Å². The van der Waals surface area contributed by atoms with Crippen molar-refractivity contribution < 1.29 is 13.9 Å². The number of phenolic OH excluding ortho intramolecular Hbond substituents is 1. The molecule has 0 atom stereocenters. The van der Waals surface area contributed by atoms with E-state index in [9.17, 15) is 13.9 Å². The molecule has 21 heavy (non-hydrogen) atoms. The van der Waals surface area contributed by atoms with Crippen LogP contribution in [0.5, 0.6) is 5.75 Å². The van der Waals surface area contributed by atoms with Crippen LogP contribution in [-0.4, -0.2) is 5.11 Å². The minimum Gasteiger partial charge on any atom is -0.507 e. The molecule has 0 saturated heterocycles. The lowest BCUT2D eigenvalue weighted by atomic mass is 9.99. The van der Waals surface area contributed by atoms with Crippen molar-refractivity contribution >= 4 is 0 Å². The monoisotopic (exact) mass is 282 g/mol. The number of halogens is 2. The molecule has 0 heterocycles. The van der Waals surface area contributed by atoms with Crippen LogP contribution < -0.4 is 0 Å². The van der Waals surface area contributed by atoms with E-state index < -0.39 is 0 Å². The van der Waals surface area contributed by atoms with Gasteiger partial charge in [0.1, 0.15) is 17.4 Å². The average Bonchev–Trinajstić information content (AvgIpc) is 2.49. The van der Waals surface area contributed by atoms with Gasteiger partial charge in [0, 0.05) is 5.56 Å². The van der Waals surface area contributed by atoms with Crippen molar-refractivity contribution in [1.29, 1.82) is 0 Å². The molecule has 3 aromatic rings. The van der Waals surface area contributed by atoms with Gasteiger partial charge in [-0.2, -0.15) is 0 Å². The third-order valence-electron chi connectivity index (χ3n) is 3.33. The fraction of sp³-hybridized carbons (Fsp3) is 0. The lowest BCUT2D eigenvalue weighted by Crippen LogP contribution is -1.83. The van der Waals surface area contributed by atoms with Crippen LogP contribution in [0.25, 0.3) is 22.3 Å². The smallest absolute Gasteiger partial charge is 0.124 e. The number of hydrogen-bond donors (Lipinski definition) is 1. The Labute approximate surface area is 121 Å². The van der Waals surface area contributed by atoms with Gasteiger partial charge in [0.25, 0.3) is 0 Å². The summed E-state index contributed by atoms with van der Waals surface area (Å²) >= 11 is 0. The largest absolute Gasteiger partial charge is 0.507 e. The molecular formula is C18H12F2O. The van der Waals surface area contributed by atoms with E-state index >= 15 is 0 Å². The third kappa shape index (κ3) is 2.77. The first-order chi connectivity index (χ1) is 10.1. The Morgan fingerprint density at radius 3 is 1.57 bits per heavy atom. The molecular weight excluding hydrogens is 270 g/mol. The molecule has 0 spiro atoms. The quantitative estimate of drug-likeness (QED) is 0.701. The molecule has 0 aliphatic rings. The summed E-state index contributed by atoms with van der Waals surface area (Å²) < 4.78 is 25.8. The van der Waals surface area contributed by atoms with Crippen LogP contribution in [0, 0.1) is 11.6 Å². The molecule has 0 amide bonds. The summed E-state index contributed by atoms with van der Waals surface area (Å²) in [5.74, 6) is -0.518. The number of hydrogen-bond acceptors (Lipinski definition) is 1. The van der Waals surface area contributed by atoms with E-state index in [2.05, 4.69) is 0 Å². The van der Waals surface area contributed by atoms with Crippen LogP contribution in [-0.2, 0) is 0 Å². The molecule has 1 nitrogen and oxygen atoms in total. The summed E-state index contributed by atoms with van der Waals surface area (Å²) in [6.07, 6.45) is 0. The predicted molar refractivity (Wildman–Crippen MR) is 78.9 cm³/mol. The summed E-state index contributed by atoms with van der Waals surface area (Å²) in [4.78, 5) is 0. The third-order valence-corrected chi connectivity index (χ3v) is 3.33. The lowest BCUT2D eigenvalue weighted by Gasteiger charge is -2.08. The molecule has 0 saturated carbocycles. The molecule has 0 aliphatic carbocycles. The number of rotatable bonds is 2. The summed E-state index contributed by atoms with van der Waals surface area (Å²) in [6, 6.07) is 17.2. The first-order valence-electron chi connectivity index (χ1n) is 6.48. The minimum absolute atomic E-state index is 0.100. The van der Waals surface area contributed by atoms with Gasteiger partial charge in [0.15, 0.2) is 0 Å². The van der Waals surface area contributed by atoms with Crippen molar-refractivity contribution in [2.45, 2.75) is 0 Å². The van der Waals surface area contributed by atoms with Gasteiger partial charge in [-0.05, 0) is 47.0 Å². The summed E-state index contributed by atoms with van der Waals surface area (Å²) in [6.45, 7) is 0. The Bertz CT molecular complexity index is 762. The van der Waals surface area contributed by atoms with Crippen LogP contribution >= 0.6 is 0 Å². The number of benzene rings is 3. The zero-order chi connectivity index (χ0) is 14.8.